The molecule has 114 valence electrons. The molecule has 0 aliphatic carbocycles. The Morgan fingerprint density at radius 1 is 1.24 bits per heavy atom. The van der Waals surface area contributed by atoms with Gasteiger partial charge in [-0.2, -0.15) is 0 Å². The summed E-state index contributed by atoms with van der Waals surface area (Å²) in [6, 6.07) is 9.19. The van der Waals surface area contributed by atoms with Gasteiger partial charge in [0.25, 0.3) is 11.8 Å². The average molecular weight is 290 g/mol. The van der Waals surface area contributed by atoms with E-state index in [0.29, 0.717) is 18.2 Å². The van der Waals surface area contributed by atoms with Crippen molar-refractivity contribution in [3.63, 3.8) is 0 Å². The van der Waals surface area contributed by atoms with Gasteiger partial charge in [0.1, 0.15) is 0 Å². The quantitative estimate of drug-likeness (QED) is 0.674. The van der Waals surface area contributed by atoms with Crippen molar-refractivity contribution in [2.45, 2.75) is 18.9 Å². The van der Waals surface area contributed by atoms with Crippen molar-refractivity contribution >= 4 is 11.8 Å². The molecule has 1 aromatic carbocycles. The summed E-state index contributed by atoms with van der Waals surface area (Å²) in [6.07, 6.45) is 2.21. The smallest absolute Gasteiger partial charge is 0.269 e. The molecule has 2 rings (SSSR count). The molecular weight excluding hydrogens is 268 g/mol. The van der Waals surface area contributed by atoms with Crippen LogP contribution in [0, 0.1) is 0 Å². The van der Waals surface area contributed by atoms with E-state index in [0.717, 1.165) is 25.9 Å². The summed E-state index contributed by atoms with van der Waals surface area (Å²) in [5, 5.41) is 3.14. The monoisotopic (exact) mass is 290 g/mol. The van der Waals surface area contributed by atoms with Crippen molar-refractivity contribution in [3.8, 4) is 0 Å². The number of hydrogen-bond donors (Lipinski definition) is 3. The number of likely N-dealkylation sites (tertiary alicyclic amines) is 1. The van der Waals surface area contributed by atoms with Crippen LogP contribution in [0.25, 0.3) is 0 Å². The Balaban J connectivity index is 1.76. The van der Waals surface area contributed by atoms with Crippen LogP contribution in [0.2, 0.25) is 0 Å². The zero-order valence-electron chi connectivity index (χ0n) is 12.3. The maximum Gasteiger partial charge on any atom is 0.269 e. The highest BCUT2D eigenvalue weighted by atomic mass is 16.2. The topological polar surface area (TPSA) is 73.5 Å². The van der Waals surface area contributed by atoms with Gasteiger partial charge in [0.05, 0.1) is 6.54 Å². The largest absolute Gasteiger partial charge is 0.318 e. The molecule has 3 N–H and O–H groups in total. The molecule has 6 nitrogen and oxygen atoms in total. The van der Waals surface area contributed by atoms with Crippen LogP contribution >= 0.6 is 0 Å². The van der Waals surface area contributed by atoms with Crippen molar-refractivity contribution in [1.82, 2.24) is 21.1 Å². The molecule has 1 fully saturated rings. The first-order chi connectivity index (χ1) is 10.2. The van der Waals surface area contributed by atoms with Crippen molar-refractivity contribution in [3.05, 3.63) is 35.9 Å². The summed E-state index contributed by atoms with van der Waals surface area (Å²) < 4.78 is 0. The summed E-state index contributed by atoms with van der Waals surface area (Å²) in [7, 11) is 1.91. The minimum Gasteiger partial charge on any atom is -0.318 e. The highest BCUT2D eigenvalue weighted by Gasteiger charge is 2.25. The van der Waals surface area contributed by atoms with Crippen LogP contribution in [-0.4, -0.2) is 49.4 Å². The fourth-order valence-electron chi connectivity index (χ4n) is 2.58. The summed E-state index contributed by atoms with van der Waals surface area (Å²) in [5.41, 5.74) is 5.43. The number of nitrogens with one attached hydrogen (secondary N) is 3. The van der Waals surface area contributed by atoms with Gasteiger partial charge < -0.3 is 5.32 Å². The molecule has 0 saturated carbocycles. The predicted molar refractivity (Wildman–Crippen MR) is 80.6 cm³/mol. The van der Waals surface area contributed by atoms with Gasteiger partial charge in [0.2, 0.25) is 0 Å². The fraction of sp³-hybridized carbons (Fsp3) is 0.467. The van der Waals surface area contributed by atoms with Crippen molar-refractivity contribution in [2.75, 3.05) is 26.7 Å². The molecule has 0 aromatic heterocycles. The number of likely N-dealkylation sites (N-methyl/N-ethyl adjacent to an activating group) is 1. The minimum absolute atomic E-state index is 0.192. The van der Waals surface area contributed by atoms with E-state index in [1.807, 2.05) is 13.1 Å². The van der Waals surface area contributed by atoms with Gasteiger partial charge in [-0.3, -0.25) is 25.3 Å². The number of hydrogen-bond acceptors (Lipinski definition) is 4. The van der Waals surface area contributed by atoms with E-state index in [2.05, 4.69) is 21.1 Å². The van der Waals surface area contributed by atoms with Gasteiger partial charge in [-0.25, -0.2) is 0 Å². The zero-order chi connectivity index (χ0) is 15.1. The van der Waals surface area contributed by atoms with Gasteiger partial charge in [-0.15, -0.1) is 0 Å². The van der Waals surface area contributed by atoms with Gasteiger partial charge in [-0.1, -0.05) is 18.2 Å². The molecule has 1 aromatic rings. The Morgan fingerprint density at radius 2 is 2.00 bits per heavy atom. The molecule has 21 heavy (non-hydrogen) atoms. The van der Waals surface area contributed by atoms with Crippen LogP contribution in [0.5, 0.6) is 0 Å². The lowest BCUT2D eigenvalue weighted by Gasteiger charge is -2.23. The highest BCUT2D eigenvalue weighted by Crippen LogP contribution is 2.15. The van der Waals surface area contributed by atoms with Crippen LogP contribution in [0.1, 0.15) is 23.2 Å². The molecule has 1 unspecified atom stereocenters. The minimum atomic E-state index is -0.308. The molecule has 1 saturated heterocycles. The first-order valence-electron chi connectivity index (χ1n) is 7.23. The van der Waals surface area contributed by atoms with Gasteiger partial charge in [0, 0.05) is 18.2 Å². The van der Waals surface area contributed by atoms with E-state index < -0.39 is 0 Å². The van der Waals surface area contributed by atoms with E-state index >= 15 is 0 Å². The summed E-state index contributed by atoms with van der Waals surface area (Å²) in [5.74, 6) is -0.501. The molecule has 2 amide bonds. The molecule has 6 heteroatoms. The average Bonchev–Trinajstić information content (AvgIpc) is 2.93. The molecule has 0 spiro atoms. The number of nitrogens with zero attached hydrogens (tertiary/aromatic N) is 1. The van der Waals surface area contributed by atoms with Gasteiger partial charge in [0.15, 0.2) is 0 Å². The van der Waals surface area contributed by atoms with Crippen LogP contribution in [0.4, 0.5) is 0 Å². The number of hydrazine groups is 1. The van der Waals surface area contributed by atoms with Gasteiger partial charge >= 0.3 is 0 Å². The lowest BCUT2D eigenvalue weighted by Crippen LogP contribution is -2.48. The second-order valence-corrected chi connectivity index (χ2v) is 5.19. The third-order valence-corrected chi connectivity index (χ3v) is 3.64. The number of amides is 2. The fourth-order valence-corrected chi connectivity index (χ4v) is 2.58. The van der Waals surface area contributed by atoms with E-state index in [1.54, 1.807) is 24.3 Å². The van der Waals surface area contributed by atoms with Crippen LogP contribution in [0.15, 0.2) is 30.3 Å². The lowest BCUT2D eigenvalue weighted by atomic mass is 10.2. The molecule has 1 atom stereocenters. The van der Waals surface area contributed by atoms with E-state index in [4.69, 9.17) is 0 Å². The molecule has 1 aliphatic heterocycles. The Kier molecular flexibility index (Phi) is 5.71. The van der Waals surface area contributed by atoms with E-state index in [-0.39, 0.29) is 11.8 Å². The van der Waals surface area contributed by atoms with Crippen LogP contribution < -0.4 is 16.2 Å². The summed E-state index contributed by atoms with van der Waals surface area (Å²) in [6.45, 7) is 2.11. The summed E-state index contributed by atoms with van der Waals surface area (Å²) >= 11 is 0. The number of carbonyl (C=O) groups excluding carboxylic acids is 2. The molecule has 0 bridgehead atoms. The van der Waals surface area contributed by atoms with Crippen LogP contribution in [0.3, 0.4) is 0 Å². The maximum absolute atomic E-state index is 11.9. The predicted octanol–water partition coefficient (Wildman–Crippen LogP) is 0.131. The molecular formula is C15H22N4O2. The third kappa shape index (κ3) is 4.54. The molecule has 1 heterocycles. The van der Waals surface area contributed by atoms with Gasteiger partial charge in [-0.05, 0) is 38.6 Å². The second kappa shape index (κ2) is 7.75. The Bertz CT molecular complexity index is 478. The Morgan fingerprint density at radius 3 is 2.71 bits per heavy atom. The number of rotatable bonds is 5. The van der Waals surface area contributed by atoms with E-state index in [9.17, 15) is 9.59 Å². The van der Waals surface area contributed by atoms with Crippen LogP contribution in [-0.2, 0) is 4.79 Å². The second-order valence-electron chi connectivity index (χ2n) is 5.19. The number of carbonyl (C=O) groups is 2. The lowest BCUT2D eigenvalue weighted by molar-refractivity contribution is -0.123. The first-order valence-corrected chi connectivity index (χ1v) is 7.23. The first kappa shape index (κ1) is 15.5. The SMILES string of the molecule is CNCC1CCCN1CC(=O)NNC(=O)c1ccccc1. The molecule has 1 aliphatic rings. The molecule has 0 radical (unpaired) electrons. The highest BCUT2D eigenvalue weighted by molar-refractivity contribution is 5.95. The van der Waals surface area contributed by atoms with E-state index in [1.165, 1.54) is 0 Å². The third-order valence-electron chi connectivity index (χ3n) is 3.64. The number of benzene rings is 1. The standard InChI is InChI=1S/C15H22N4O2/c1-16-10-13-8-5-9-19(13)11-14(20)17-18-15(21)12-6-3-2-4-7-12/h2-4,6-7,13,16H,5,8-11H2,1H3,(H,17,20)(H,18,21). The maximum atomic E-state index is 11.9. The van der Waals surface area contributed by atoms with Crippen molar-refractivity contribution < 1.29 is 9.59 Å². The van der Waals surface area contributed by atoms with Crippen molar-refractivity contribution in [2.24, 2.45) is 0 Å². The van der Waals surface area contributed by atoms with Crippen molar-refractivity contribution in [1.29, 1.82) is 0 Å². The summed E-state index contributed by atoms with van der Waals surface area (Å²) in [4.78, 5) is 25.8. The Hall–Kier alpha value is -1.92. The zero-order valence-corrected chi connectivity index (χ0v) is 12.3. The normalized spacial score (nSPS) is 18.4. The Labute approximate surface area is 124 Å².